The van der Waals surface area contributed by atoms with Crippen molar-refractivity contribution in [1.82, 2.24) is 14.9 Å². The van der Waals surface area contributed by atoms with Crippen molar-refractivity contribution in [3.05, 3.63) is 66.4 Å². The number of sulfonamides is 1. The molecule has 0 atom stereocenters. The number of hydrogen-bond donors (Lipinski definition) is 2. The summed E-state index contributed by atoms with van der Waals surface area (Å²) in [6.07, 6.45) is 2.41. The Balaban J connectivity index is 1.47. The largest absolute Gasteiger partial charge is 0.355 e. The van der Waals surface area contributed by atoms with Gasteiger partial charge in [-0.1, -0.05) is 54.2 Å². The van der Waals surface area contributed by atoms with E-state index in [0.29, 0.717) is 13.0 Å². The number of thioether (sulfide) groups is 1. The summed E-state index contributed by atoms with van der Waals surface area (Å²) in [5.41, 5.74) is 2.99. The first-order chi connectivity index (χ1) is 13.8. The van der Waals surface area contributed by atoms with Gasteiger partial charge in [-0.05, 0) is 29.7 Å². The summed E-state index contributed by atoms with van der Waals surface area (Å²) in [4.78, 5) is 16.6. The minimum atomic E-state index is -3.69. The molecule has 0 bridgehead atoms. The van der Waals surface area contributed by atoms with Gasteiger partial charge in [0.25, 0.3) is 0 Å². The number of nitrogens with one attached hydrogen (secondary N) is 1. The van der Waals surface area contributed by atoms with Gasteiger partial charge >= 0.3 is 0 Å². The Morgan fingerprint density at radius 1 is 1.14 bits per heavy atom. The Kier molecular flexibility index (Phi) is 6.73. The molecule has 0 aliphatic rings. The van der Waals surface area contributed by atoms with Crippen molar-refractivity contribution in [3.63, 3.8) is 0 Å². The third-order valence-corrected chi connectivity index (χ3v) is 6.31. The Bertz CT molecular complexity index is 1080. The Hall–Kier alpha value is -2.62. The second-order valence-corrected chi connectivity index (χ2v) is 8.93. The van der Waals surface area contributed by atoms with E-state index in [1.165, 1.54) is 23.9 Å². The highest BCUT2D eigenvalue weighted by molar-refractivity contribution is 7.99. The van der Waals surface area contributed by atoms with Crippen LogP contribution in [0.3, 0.4) is 0 Å². The number of rotatable bonds is 8. The molecule has 3 rings (SSSR count). The first kappa shape index (κ1) is 21.1. The molecular weight excluding hydrogens is 408 g/mol. The van der Waals surface area contributed by atoms with Gasteiger partial charge in [0.05, 0.1) is 22.5 Å². The topological polar surface area (TPSA) is 107 Å². The molecule has 0 radical (unpaired) electrons. The average molecular weight is 431 g/mol. The molecule has 0 spiro atoms. The summed E-state index contributed by atoms with van der Waals surface area (Å²) in [7, 11) is -1.76. The molecular formula is C20H22N4O3S2. The first-order valence-corrected chi connectivity index (χ1v) is 11.5. The molecule has 3 aromatic rings. The maximum absolute atomic E-state index is 12.1. The van der Waals surface area contributed by atoms with E-state index >= 15 is 0 Å². The van der Waals surface area contributed by atoms with Crippen LogP contribution in [-0.2, 0) is 28.3 Å². The van der Waals surface area contributed by atoms with Crippen LogP contribution in [0.25, 0.3) is 11.3 Å². The lowest BCUT2D eigenvalue weighted by Crippen LogP contribution is -2.27. The molecule has 0 unspecified atom stereocenters. The van der Waals surface area contributed by atoms with Crippen LogP contribution in [0.5, 0.6) is 0 Å². The molecule has 152 valence electrons. The minimum absolute atomic E-state index is 0.0756. The van der Waals surface area contributed by atoms with Gasteiger partial charge in [-0.2, -0.15) is 0 Å². The molecule has 1 amide bonds. The Morgan fingerprint density at radius 3 is 2.48 bits per heavy atom. The number of amides is 1. The number of carbonyl (C=O) groups excluding carboxylic acids is 1. The summed E-state index contributed by atoms with van der Waals surface area (Å²) in [6, 6.07) is 16.3. The fraction of sp³-hybridized carbons (Fsp3) is 0.200. The van der Waals surface area contributed by atoms with E-state index in [-0.39, 0.29) is 16.6 Å². The van der Waals surface area contributed by atoms with Crippen LogP contribution >= 0.6 is 11.8 Å². The lowest BCUT2D eigenvalue weighted by molar-refractivity contribution is -0.118. The molecule has 9 heteroatoms. The van der Waals surface area contributed by atoms with Crippen LogP contribution in [-0.4, -0.2) is 36.2 Å². The highest BCUT2D eigenvalue weighted by Gasteiger charge is 2.11. The lowest BCUT2D eigenvalue weighted by Gasteiger charge is -2.07. The molecule has 3 N–H and O–H groups in total. The van der Waals surface area contributed by atoms with Crippen molar-refractivity contribution < 1.29 is 13.2 Å². The number of nitrogens with two attached hydrogens (primary N) is 1. The predicted octanol–water partition coefficient (Wildman–Crippen LogP) is 2.19. The van der Waals surface area contributed by atoms with Crippen LogP contribution in [0.1, 0.15) is 5.56 Å². The van der Waals surface area contributed by atoms with E-state index in [4.69, 9.17) is 5.14 Å². The van der Waals surface area contributed by atoms with Crippen molar-refractivity contribution in [1.29, 1.82) is 0 Å². The quantitative estimate of drug-likeness (QED) is 0.533. The van der Waals surface area contributed by atoms with Crippen molar-refractivity contribution >= 4 is 27.7 Å². The molecule has 7 nitrogen and oxygen atoms in total. The number of primary sulfonamides is 1. The number of benzene rings is 2. The van der Waals surface area contributed by atoms with Gasteiger partial charge in [0.1, 0.15) is 0 Å². The third-order valence-electron chi connectivity index (χ3n) is 4.34. The van der Waals surface area contributed by atoms with E-state index in [9.17, 15) is 13.2 Å². The fourth-order valence-electron chi connectivity index (χ4n) is 2.78. The summed E-state index contributed by atoms with van der Waals surface area (Å²) < 4.78 is 24.5. The summed E-state index contributed by atoms with van der Waals surface area (Å²) in [5, 5.41) is 8.72. The van der Waals surface area contributed by atoms with Gasteiger partial charge in [-0.15, -0.1) is 0 Å². The average Bonchev–Trinajstić information content (AvgIpc) is 3.07. The van der Waals surface area contributed by atoms with Crippen molar-refractivity contribution in [2.45, 2.75) is 16.5 Å². The monoisotopic (exact) mass is 430 g/mol. The van der Waals surface area contributed by atoms with Gasteiger partial charge in [0.2, 0.25) is 15.9 Å². The highest BCUT2D eigenvalue weighted by Crippen LogP contribution is 2.24. The number of carbonyl (C=O) groups is 1. The van der Waals surface area contributed by atoms with Gasteiger partial charge in [-0.25, -0.2) is 18.5 Å². The van der Waals surface area contributed by atoms with Gasteiger partial charge < -0.3 is 9.88 Å². The molecule has 0 aliphatic heterocycles. The zero-order valence-corrected chi connectivity index (χ0v) is 17.5. The first-order valence-electron chi connectivity index (χ1n) is 8.93. The van der Waals surface area contributed by atoms with E-state index in [1.807, 2.05) is 41.9 Å². The normalized spacial score (nSPS) is 11.4. The van der Waals surface area contributed by atoms with Crippen LogP contribution in [0, 0.1) is 0 Å². The number of hydrogen-bond acceptors (Lipinski definition) is 5. The fourth-order valence-corrected chi connectivity index (χ4v) is 4.07. The summed E-state index contributed by atoms with van der Waals surface area (Å²) in [6.45, 7) is 0.462. The summed E-state index contributed by atoms with van der Waals surface area (Å²) in [5.74, 6) is 0.184. The van der Waals surface area contributed by atoms with E-state index in [1.54, 1.807) is 18.3 Å². The molecule has 0 saturated heterocycles. The van der Waals surface area contributed by atoms with Crippen LogP contribution < -0.4 is 10.5 Å². The van der Waals surface area contributed by atoms with E-state index < -0.39 is 10.0 Å². The molecule has 0 fully saturated rings. The second kappa shape index (κ2) is 9.25. The number of nitrogens with zero attached hydrogens (tertiary/aromatic N) is 2. The second-order valence-electron chi connectivity index (χ2n) is 6.43. The highest BCUT2D eigenvalue weighted by atomic mass is 32.2. The van der Waals surface area contributed by atoms with E-state index in [2.05, 4.69) is 10.3 Å². The van der Waals surface area contributed by atoms with Crippen LogP contribution in [0.15, 0.2) is 70.8 Å². The lowest BCUT2D eigenvalue weighted by atomic mass is 10.1. The zero-order valence-electron chi connectivity index (χ0n) is 15.9. The maximum atomic E-state index is 12.1. The number of aromatic nitrogens is 2. The van der Waals surface area contributed by atoms with Crippen molar-refractivity contribution in [2.75, 3.05) is 12.3 Å². The van der Waals surface area contributed by atoms with Crippen molar-refractivity contribution in [3.8, 4) is 11.3 Å². The minimum Gasteiger partial charge on any atom is -0.355 e. The Labute approximate surface area is 174 Å². The van der Waals surface area contributed by atoms with Gasteiger partial charge in [-0.3, -0.25) is 4.79 Å². The molecule has 1 heterocycles. The molecule has 29 heavy (non-hydrogen) atoms. The number of imidazole rings is 1. The maximum Gasteiger partial charge on any atom is 0.238 e. The molecule has 0 aliphatic carbocycles. The smallest absolute Gasteiger partial charge is 0.238 e. The third kappa shape index (κ3) is 5.69. The van der Waals surface area contributed by atoms with Gasteiger partial charge in [0.15, 0.2) is 5.16 Å². The predicted molar refractivity (Wildman–Crippen MR) is 114 cm³/mol. The van der Waals surface area contributed by atoms with Crippen LogP contribution in [0.2, 0.25) is 0 Å². The summed E-state index contributed by atoms with van der Waals surface area (Å²) >= 11 is 1.38. The Morgan fingerprint density at radius 2 is 1.83 bits per heavy atom. The standard InChI is InChI=1S/C20H22N4O3S2/c1-24-18(16-5-3-2-4-6-16)13-23-20(24)28-14-19(25)22-12-11-15-7-9-17(10-8-15)29(21,26)27/h2-10,13H,11-12,14H2,1H3,(H,22,25)(H2,21,26,27). The molecule has 1 aromatic heterocycles. The van der Waals surface area contributed by atoms with Crippen molar-refractivity contribution in [2.24, 2.45) is 12.2 Å². The van der Waals surface area contributed by atoms with E-state index in [0.717, 1.165) is 22.0 Å². The SMILES string of the molecule is Cn1c(-c2ccccc2)cnc1SCC(=O)NCCc1ccc(S(N)(=O)=O)cc1. The van der Waals surface area contributed by atoms with Gasteiger partial charge in [0, 0.05) is 13.6 Å². The van der Waals surface area contributed by atoms with Crippen LogP contribution in [0.4, 0.5) is 0 Å². The molecule has 2 aromatic carbocycles. The zero-order chi connectivity index (χ0) is 20.9. The molecule has 0 saturated carbocycles.